The second-order valence-corrected chi connectivity index (χ2v) is 3.83. The number of nitrogens with zero attached hydrogens (tertiary/aromatic N) is 2. The average molecular weight is 215 g/mol. The number of fused-ring (bicyclic) bond motifs is 1. The molecule has 0 radical (unpaired) electrons. The highest BCUT2D eigenvalue weighted by Crippen LogP contribution is 2.22. The van der Waals surface area contributed by atoms with Gasteiger partial charge in [0.05, 0.1) is 0 Å². The first kappa shape index (κ1) is 10.4. The van der Waals surface area contributed by atoms with Crippen molar-refractivity contribution in [2.75, 3.05) is 0 Å². The molecule has 0 aliphatic heterocycles. The zero-order valence-electron chi connectivity index (χ0n) is 7.84. The summed E-state index contributed by atoms with van der Waals surface area (Å²) in [5.41, 5.74) is 0. The molecule has 0 aromatic carbocycles. The number of hydrogen-bond acceptors (Lipinski definition) is 3. The predicted octanol–water partition coefficient (Wildman–Crippen LogP) is 3.68. The van der Waals surface area contributed by atoms with Crippen LogP contribution in [0.3, 0.4) is 0 Å². The summed E-state index contributed by atoms with van der Waals surface area (Å²) in [4.78, 5) is 10.1. The smallest absolute Gasteiger partial charge is 0.223 e. The third kappa shape index (κ3) is 2.39. The molecule has 2 aromatic heterocycles. The summed E-state index contributed by atoms with van der Waals surface area (Å²) in [6, 6.07) is 2.05. The Morgan fingerprint density at radius 2 is 2.08 bits per heavy atom. The third-order valence-corrected chi connectivity index (χ3v) is 2.51. The van der Waals surface area contributed by atoms with Gasteiger partial charge in [-0.25, -0.2) is 9.97 Å². The Balaban J connectivity index is 0.000000396. The van der Waals surface area contributed by atoms with Crippen molar-refractivity contribution in [3.8, 4) is 0 Å². The van der Waals surface area contributed by atoms with Gasteiger partial charge in [-0.3, -0.25) is 0 Å². The number of rotatable bonds is 0. The van der Waals surface area contributed by atoms with Crippen LogP contribution in [0, 0.1) is 6.92 Å². The lowest BCUT2D eigenvalue weighted by atomic mass is 10.4. The molecule has 2 nitrogen and oxygen atoms in total. The fraction of sp³-hybridized carbons (Fsp3) is 0.333. The number of aryl methyl sites for hydroxylation is 1. The fourth-order valence-electron chi connectivity index (χ4n) is 0.937. The normalized spacial score (nSPS) is 9.54. The summed E-state index contributed by atoms with van der Waals surface area (Å²) in [5, 5.41) is 1.39. The monoisotopic (exact) mass is 214 g/mol. The fourth-order valence-corrected chi connectivity index (χ4v) is 1.97. The standard InChI is InChI=1S/C7H5ClN2S.C2H6/c1-4-2-5-3-9-7(8)10-6(5)11-4;1-2/h2-3H,1H3;1-2H3. The molecular weight excluding hydrogens is 204 g/mol. The first-order valence-corrected chi connectivity index (χ1v) is 5.34. The van der Waals surface area contributed by atoms with Crippen molar-refractivity contribution in [1.29, 1.82) is 0 Å². The van der Waals surface area contributed by atoms with Crippen molar-refractivity contribution in [1.82, 2.24) is 9.97 Å². The van der Waals surface area contributed by atoms with Gasteiger partial charge in [-0.2, -0.15) is 0 Å². The molecule has 0 aliphatic rings. The lowest BCUT2D eigenvalue weighted by molar-refractivity contribution is 1.23. The van der Waals surface area contributed by atoms with Crippen molar-refractivity contribution >= 4 is 33.2 Å². The summed E-state index contributed by atoms with van der Waals surface area (Å²) in [7, 11) is 0. The van der Waals surface area contributed by atoms with Crippen LogP contribution in [0.5, 0.6) is 0 Å². The molecule has 2 aromatic rings. The molecule has 0 N–H and O–H groups in total. The molecule has 2 heterocycles. The molecule has 70 valence electrons. The maximum Gasteiger partial charge on any atom is 0.223 e. The van der Waals surface area contributed by atoms with E-state index in [9.17, 15) is 0 Å². The zero-order valence-corrected chi connectivity index (χ0v) is 9.41. The van der Waals surface area contributed by atoms with Crippen LogP contribution in [0.1, 0.15) is 18.7 Å². The quantitative estimate of drug-likeness (QED) is 0.626. The van der Waals surface area contributed by atoms with Gasteiger partial charge in [-0.1, -0.05) is 13.8 Å². The SMILES string of the molecule is CC.Cc1cc2cnc(Cl)nc2s1. The Morgan fingerprint density at radius 1 is 1.38 bits per heavy atom. The van der Waals surface area contributed by atoms with E-state index < -0.39 is 0 Å². The highest BCUT2D eigenvalue weighted by molar-refractivity contribution is 7.18. The molecule has 0 bridgehead atoms. The van der Waals surface area contributed by atoms with E-state index in [2.05, 4.69) is 16.0 Å². The second-order valence-electron chi connectivity index (χ2n) is 2.26. The van der Waals surface area contributed by atoms with Crippen LogP contribution in [0.15, 0.2) is 12.3 Å². The topological polar surface area (TPSA) is 25.8 Å². The number of halogens is 1. The molecule has 0 amide bonds. The largest absolute Gasteiger partial charge is 0.226 e. The minimum atomic E-state index is 0.319. The van der Waals surface area contributed by atoms with Crippen molar-refractivity contribution in [3.05, 3.63) is 22.4 Å². The minimum absolute atomic E-state index is 0.319. The lowest BCUT2D eigenvalue weighted by Gasteiger charge is -1.86. The zero-order chi connectivity index (χ0) is 9.84. The van der Waals surface area contributed by atoms with Crippen LogP contribution in [0.4, 0.5) is 0 Å². The van der Waals surface area contributed by atoms with E-state index in [1.807, 2.05) is 20.8 Å². The van der Waals surface area contributed by atoms with Gasteiger partial charge in [0.1, 0.15) is 4.83 Å². The van der Waals surface area contributed by atoms with Crippen molar-refractivity contribution in [2.24, 2.45) is 0 Å². The molecule has 0 saturated heterocycles. The molecule has 0 fully saturated rings. The van der Waals surface area contributed by atoms with E-state index in [1.54, 1.807) is 17.5 Å². The van der Waals surface area contributed by atoms with Gasteiger partial charge in [-0.05, 0) is 24.6 Å². The van der Waals surface area contributed by atoms with E-state index in [1.165, 1.54) is 4.88 Å². The van der Waals surface area contributed by atoms with Gasteiger partial charge in [0.15, 0.2) is 0 Å². The van der Waals surface area contributed by atoms with E-state index in [-0.39, 0.29) is 0 Å². The van der Waals surface area contributed by atoms with Crippen LogP contribution >= 0.6 is 22.9 Å². The summed E-state index contributed by atoms with van der Waals surface area (Å²) in [6.07, 6.45) is 1.74. The summed E-state index contributed by atoms with van der Waals surface area (Å²) in [5.74, 6) is 0. The summed E-state index contributed by atoms with van der Waals surface area (Å²) in [6.45, 7) is 6.04. The van der Waals surface area contributed by atoms with Crippen molar-refractivity contribution in [3.63, 3.8) is 0 Å². The van der Waals surface area contributed by atoms with Gasteiger partial charge < -0.3 is 0 Å². The van der Waals surface area contributed by atoms with Crippen LogP contribution in [0.2, 0.25) is 5.28 Å². The highest BCUT2D eigenvalue weighted by atomic mass is 35.5. The van der Waals surface area contributed by atoms with E-state index in [0.29, 0.717) is 5.28 Å². The minimum Gasteiger partial charge on any atom is -0.226 e. The summed E-state index contributed by atoms with van der Waals surface area (Å²) < 4.78 is 0. The molecule has 0 aliphatic carbocycles. The van der Waals surface area contributed by atoms with Crippen LogP contribution in [-0.4, -0.2) is 9.97 Å². The van der Waals surface area contributed by atoms with E-state index >= 15 is 0 Å². The highest BCUT2D eigenvalue weighted by Gasteiger charge is 1.99. The van der Waals surface area contributed by atoms with Gasteiger partial charge in [0.2, 0.25) is 5.28 Å². The molecule has 0 unspecified atom stereocenters. The Bertz CT molecular complexity index is 397. The van der Waals surface area contributed by atoms with E-state index in [0.717, 1.165) is 10.2 Å². The van der Waals surface area contributed by atoms with Crippen LogP contribution in [-0.2, 0) is 0 Å². The second kappa shape index (κ2) is 4.53. The van der Waals surface area contributed by atoms with Crippen LogP contribution < -0.4 is 0 Å². The molecular formula is C9H11ClN2S. The molecule has 2 rings (SSSR count). The first-order valence-electron chi connectivity index (χ1n) is 4.14. The maximum atomic E-state index is 5.61. The maximum absolute atomic E-state index is 5.61. The Kier molecular flexibility index (Phi) is 3.63. The Morgan fingerprint density at radius 3 is 2.77 bits per heavy atom. The van der Waals surface area contributed by atoms with Gasteiger partial charge in [0, 0.05) is 16.5 Å². The van der Waals surface area contributed by atoms with Crippen molar-refractivity contribution in [2.45, 2.75) is 20.8 Å². The average Bonchev–Trinajstić information content (AvgIpc) is 2.48. The molecule has 13 heavy (non-hydrogen) atoms. The van der Waals surface area contributed by atoms with Crippen molar-refractivity contribution < 1.29 is 0 Å². The molecule has 0 saturated carbocycles. The third-order valence-electron chi connectivity index (χ3n) is 1.37. The van der Waals surface area contributed by atoms with Crippen LogP contribution in [0.25, 0.3) is 10.2 Å². The number of hydrogen-bond donors (Lipinski definition) is 0. The predicted molar refractivity (Wildman–Crippen MR) is 58.5 cm³/mol. The van der Waals surface area contributed by atoms with Gasteiger partial charge in [-0.15, -0.1) is 11.3 Å². The molecule has 0 spiro atoms. The number of thiophene rings is 1. The Hall–Kier alpha value is -0.670. The van der Waals surface area contributed by atoms with Gasteiger partial charge >= 0.3 is 0 Å². The van der Waals surface area contributed by atoms with Gasteiger partial charge in [0.25, 0.3) is 0 Å². The molecule has 4 heteroatoms. The van der Waals surface area contributed by atoms with E-state index in [4.69, 9.17) is 11.6 Å². The Labute approximate surface area is 86.6 Å². The lowest BCUT2D eigenvalue weighted by Crippen LogP contribution is -1.77. The molecule has 0 atom stereocenters. The summed E-state index contributed by atoms with van der Waals surface area (Å²) >= 11 is 7.24. The number of aromatic nitrogens is 2. The first-order chi connectivity index (χ1) is 6.25.